The van der Waals surface area contributed by atoms with Crippen molar-refractivity contribution in [3.63, 3.8) is 0 Å². The molecule has 3 aromatic rings. The number of nitrogens with one attached hydrogen (secondary N) is 1. The first kappa shape index (κ1) is 17.7. The first-order valence-corrected chi connectivity index (χ1v) is 9.77. The summed E-state index contributed by atoms with van der Waals surface area (Å²) in [5.74, 6) is 1.13. The molecule has 0 spiro atoms. The molecule has 0 bridgehead atoms. The van der Waals surface area contributed by atoms with Crippen LogP contribution in [0.5, 0.6) is 5.75 Å². The van der Waals surface area contributed by atoms with E-state index < -0.39 is 0 Å². The molecule has 27 heavy (non-hydrogen) atoms. The average molecular weight is 387 g/mol. The van der Waals surface area contributed by atoms with Crippen LogP contribution in [0.2, 0.25) is 0 Å². The SMILES string of the molecule is COc1ccc(C(CNc2nc3sccn3c2[N+](=O)[O-])N2CCCC2)cc1. The number of nitrogens with zero attached hydrogens (tertiary/aromatic N) is 4. The number of thiazole rings is 1. The minimum Gasteiger partial charge on any atom is -0.497 e. The number of ether oxygens (including phenoxy) is 1. The number of methoxy groups -OCH3 is 1. The molecule has 0 amide bonds. The standard InChI is InChI=1S/C18H21N5O3S/c1-26-14-6-4-13(5-7-14)15(21-8-2-3-9-21)12-19-16-17(23(24)25)22-10-11-27-18(22)20-16/h4-7,10-11,15,19H,2-3,8-9,12H2,1H3. The third-order valence-electron chi connectivity index (χ3n) is 4.95. The number of nitro groups is 1. The molecular formula is C18H21N5O3S. The Morgan fingerprint density at radius 2 is 2.07 bits per heavy atom. The van der Waals surface area contributed by atoms with E-state index in [1.165, 1.54) is 28.6 Å². The predicted molar refractivity (Wildman–Crippen MR) is 105 cm³/mol. The summed E-state index contributed by atoms with van der Waals surface area (Å²) in [6, 6.07) is 8.14. The minimum atomic E-state index is -0.382. The molecule has 3 heterocycles. The summed E-state index contributed by atoms with van der Waals surface area (Å²) in [7, 11) is 1.65. The van der Waals surface area contributed by atoms with Gasteiger partial charge in [0.15, 0.2) is 0 Å². The van der Waals surface area contributed by atoms with E-state index >= 15 is 0 Å². The van der Waals surface area contributed by atoms with Crippen LogP contribution in [-0.2, 0) is 0 Å². The quantitative estimate of drug-likeness (QED) is 0.493. The number of aromatic nitrogens is 2. The molecule has 0 radical (unpaired) electrons. The fraction of sp³-hybridized carbons (Fsp3) is 0.389. The molecule has 1 aliphatic heterocycles. The summed E-state index contributed by atoms with van der Waals surface area (Å²) in [6.07, 6.45) is 4.03. The Morgan fingerprint density at radius 1 is 1.33 bits per heavy atom. The van der Waals surface area contributed by atoms with Crippen LogP contribution in [0.1, 0.15) is 24.4 Å². The lowest BCUT2D eigenvalue weighted by atomic mass is 10.1. The highest BCUT2D eigenvalue weighted by Crippen LogP contribution is 2.31. The molecule has 8 nitrogen and oxygen atoms in total. The van der Waals surface area contributed by atoms with Crippen LogP contribution >= 0.6 is 11.3 Å². The third-order valence-corrected chi connectivity index (χ3v) is 5.71. The predicted octanol–water partition coefficient (Wildman–Crippen LogP) is 3.56. The van der Waals surface area contributed by atoms with Gasteiger partial charge in [0.2, 0.25) is 5.82 Å². The van der Waals surface area contributed by atoms with E-state index in [9.17, 15) is 10.1 Å². The highest BCUT2D eigenvalue weighted by Gasteiger charge is 2.27. The number of hydrogen-bond acceptors (Lipinski definition) is 7. The van der Waals surface area contributed by atoms with Crippen molar-refractivity contribution in [3.8, 4) is 5.75 Å². The van der Waals surface area contributed by atoms with E-state index in [-0.39, 0.29) is 16.8 Å². The molecule has 9 heteroatoms. The Bertz CT molecular complexity index is 930. The number of imidazole rings is 1. The Kier molecular flexibility index (Phi) is 4.95. The summed E-state index contributed by atoms with van der Waals surface area (Å²) < 4.78 is 6.77. The van der Waals surface area contributed by atoms with Crippen molar-refractivity contribution in [1.29, 1.82) is 0 Å². The van der Waals surface area contributed by atoms with Gasteiger partial charge >= 0.3 is 5.82 Å². The lowest BCUT2D eigenvalue weighted by molar-refractivity contribution is -0.389. The summed E-state index contributed by atoms with van der Waals surface area (Å²) in [5, 5.41) is 16.6. The molecule has 1 aliphatic rings. The summed E-state index contributed by atoms with van der Waals surface area (Å²) in [5.41, 5.74) is 1.16. The van der Waals surface area contributed by atoms with Crippen molar-refractivity contribution in [1.82, 2.24) is 14.3 Å². The topological polar surface area (TPSA) is 84.9 Å². The molecule has 1 aromatic carbocycles. The van der Waals surface area contributed by atoms with Gasteiger partial charge in [-0.25, -0.2) is 0 Å². The Morgan fingerprint density at radius 3 is 2.74 bits per heavy atom. The summed E-state index contributed by atoms with van der Waals surface area (Å²) >= 11 is 1.38. The largest absolute Gasteiger partial charge is 0.497 e. The van der Waals surface area contributed by atoms with Crippen LogP contribution in [0, 0.1) is 10.1 Å². The van der Waals surface area contributed by atoms with Crippen molar-refractivity contribution < 1.29 is 9.66 Å². The van der Waals surface area contributed by atoms with E-state index in [4.69, 9.17) is 4.74 Å². The van der Waals surface area contributed by atoms with Gasteiger partial charge in [0.1, 0.15) is 11.9 Å². The van der Waals surface area contributed by atoms with Crippen molar-refractivity contribution in [3.05, 3.63) is 51.5 Å². The van der Waals surface area contributed by atoms with Gasteiger partial charge in [-0.3, -0.25) is 4.90 Å². The Balaban J connectivity index is 1.59. The van der Waals surface area contributed by atoms with Gasteiger partial charge in [0, 0.05) is 11.9 Å². The molecular weight excluding hydrogens is 366 g/mol. The number of benzene rings is 1. The maximum absolute atomic E-state index is 11.5. The molecule has 1 N–H and O–H groups in total. The van der Waals surface area contributed by atoms with Gasteiger partial charge in [-0.05, 0) is 48.6 Å². The van der Waals surface area contributed by atoms with E-state index in [1.54, 1.807) is 18.7 Å². The molecule has 1 saturated heterocycles. The lowest BCUT2D eigenvalue weighted by Crippen LogP contribution is -2.31. The molecule has 0 aliphatic carbocycles. The van der Waals surface area contributed by atoms with E-state index in [0.29, 0.717) is 17.3 Å². The number of hydrogen-bond donors (Lipinski definition) is 1. The molecule has 1 fully saturated rings. The van der Waals surface area contributed by atoms with Crippen LogP contribution in [0.15, 0.2) is 35.8 Å². The van der Waals surface area contributed by atoms with Crippen molar-refractivity contribution >= 4 is 27.9 Å². The lowest BCUT2D eigenvalue weighted by Gasteiger charge is -2.28. The molecule has 1 atom stereocenters. The normalized spacial score (nSPS) is 15.9. The zero-order valence-corrected chi connectivity index (χ0v) is 15.8. The van der Waals surface area contributed by atoms with Crippen LogP contribution in [0.4, 0.5) is 11.6 Å². The van der Waals surface area contributed by atoms with Crippen LogP contribution in [0.25, 0.3) is 4.96 Å². The molecule has 4 rings (SSSR count). The second kappa shape index (κ2) is 7.53. The smallest absolute Gasteiger partial charge is 0.372 e. The highest BCUT2D eigenvalue weighted by molar-refractivity contribution is 7.15. The van der Waals surface area contributed by atoms with Crippen LogP contribution < -0.4 is 10.1 Å². The number of likely N-dealkylation sites (tertiary alicyclic amines) is 1. The van der Waals surface area contributed by atoms with Crippen molar-refractivity contribution in [2.24, 2.45) is 0 Å². The second-order valence-electron chi connectivity index (χ2n) is 6.51. The molecule has 1 unspecified atom stereocenters. The van der Waals surface area contributed by atoms with Crippen molar-refractivity contribution in [2.45, 2.75) is 18.9 Å². The minimum absolute atomic E-state index is 0.0128. The summed E-state index contributed by atoms with van der Waals surface area (Å²) in [6.45, 7) is 2.61. The van der Waals surface area contributed by atoms with Crippen LogP contribution in [0.3, 0.4) is 0 Å². The molecule has 142 valence electrons. The zero-order chi connectivity index (χ0) is 18.8. The van der Waals surface area contributed by atoms with Gasteiger partial charge in [-0.2, -0.15) is 9.38 Å². The highest BCUT2D eigenvalue weighted by atomic mass is 32.1. The fourth-order valence-electron chi connectivity index (χ4n) is 3.60. The number of anilines is 1. The summed E-state index contributed by atoms with van der Waals surface area (Å²) in [4.78, 5) is 18.6. The third kappa shape index (κ3) is 3.47. The molecule has 0 saturated carbocycles. The van der Waals surface area contributed by atoms with E-state index in [1.807, 2.05) is 12.1 Å². The molecule has 2 aromatic heterocycles. The first-order valence-electron chi connectivity index (χ1n) is 8.89. The van der Waals surface area contributed by atoms with E-state index in [0.717, 1.165) is 24.4 Å². The van der Waals surface area contributed by atoms with Gasteiger partial charge in [0.05, 0.1) is 13.2 Å². The van der Waals surface area contributed by atoms with Crippen molar-refractivity contribution in [2.75, 3.05) is 32.1 Å². The maximum Gasteiger partial charge on any atom is 0.372 e. The maximum atomic E-state index is 11.5. The average Bonchev–Trinajstić information content (AvgIpc) is 3.39. The number of fused-ring (bicyclic) bond motifs is 1. The van der Waals surface area contributed by atoms with E-state index in [2.05, 4.69) is 27.3 Å². The number of rotatable bonds is 7. The van der Waals surface area contributed by atoms with Gasteiger partial charge in [0.25, 0.3) is 4.96 Å². The Labute approximate surface area is 160 Å². The second-order valence-corrected chi connectivity index (χ2v) is 7.38. The fourth-order valence-corrected chi connectivity index (χ4v) is 4.31. The zero-order valence-electron chi connectivity index (χ0n) is 15.0. The van der Waals surface area contributed by atoms with Crippen LogP contribution in [-0.4, -0.2) is 46.0 Å². The van der Waals surface area contributed by atoms with Gasteiger partial charge in [-0.1, -0.05) is 23.5 Å². The first-order chi connectivity index (χ1) is 13.2. The Hall–Kier alpha value is -2.65. The monoisotopic (exact) mass is 387 g/mol. The van der Waals surface area contributed by atoms with Gasteiger partial charge < -0.3 is 20.2 Å². The van der Waals surface area contributed by atoms with Gasteiger partial charge in [-0.15, -0.1) is 0 Å².